The minimum absolute atomic E-state index is 0.0660. The lowest BCUT2D eigenvalue weighted by atomic mass is 9.86. The van der Waals surface area contributed by atoms with Gasteiger partial charge in [0.05, 0.1) is 0 Å². The van der Waals surface area contributed by atoms with Crippen LogP contribution < -0.4 is 0 Å². The van der Waals surface area contributed by atoms with Gasteiger partial charge in [0, 0.05) is 12.3 Å². The third-order valence-electron chi connectivity index (χ3n) is 4.08. The molecule has 1 aliphatic carbocycles. The molecule has 0 heterocycles. The summed E-state index contributed by atoms with van der Waals surface area (Å²) in [5, 5.41) is 0. The topological polar surface area (TPSA) is 34.1 Å². The molecular weight excluding hydrogens is 248 g/mol. The van der Waals surface area contributed by atoms with E-state index in [1.807, 2.05) is 27.7 Å². The molecule has 2 rings (SSSR count). The van der Waals surface area contributed by atoms with E-state index in [0.717, 1.165) is 22.3 Å². The fourth-order valence-corrected chi connectivity index (χ4v) is 3.40. The molecule has 1 saturated carbocycles. The first kappa shape index (κ1) is 14.7. The minimum Gasteiger partial charge on any atom is -0.298 e. The number of benzene rings is 1. The fraction of sp³-hybridized carbons (Fsp3) is 0.444. The van der Waals surface area contributed by atoms with Gasteiger partial charge >= 0.3 is 0 Å². The number of allylic oxidation sites excluding steroid dienone is 1. The van der Waals surface area contributed by atoms with E-state index in [4.69, 9.17) is 0 Å². The summed E-state index contributed by atoms with van der Waals surface area (Å²) in [6.45, 7) is 11.8. The average molecular weight is 270 g/mol. The summed E-state index contributed by atoms with van der Waals surface area (Å²) in [6.07, 6.45) is 0.994. The Morgan fingerprint density at radius 2 is 1.75 bits per heavy atom. The van der Waals surface area contributed by atoms with Gasteiger partial charge in [-0.1, -0.05) is 23.3 Å². The molecule has 1 aliphatic rings. The van der Waals surface area contributed by atoms with Gasteiger partial charge in [-0.2, -0.15) is 0 Å². The van der Waals surface area contributed by atoms with E-state index in [9.17, 15) is 9.59 Å². The first-order chi connectivity index (χ1) is 9.31. The summed E-state index contributed by atoms with van der Waals surface area (Å²) in [4.78, 5) is 24.9. The monoisotopic (exact) mass is 270 g/mol. The number of rotatable bonds is 3. The Balaban J connectivity index is 2.41. The van der Waals surface area contributed by atoms with Crippen molar-refractivity contribution in [3.05, 3.63) is 46.5 Å². The van der Waals surface area contributed by atoms with Gasteiger partial charge in [0.15, 0.2) is 5.78 Å². The lowest BCUT2D eigenvalue weighted by molar-refractivity contribution is -0.124. The summed E-state index contributed by atoms with van der Waals surface area (Å²) in [7, 11) is 0. The normalized spacial score (nSPS) is 22.4. The number of Topliss-reactive ketones (excluding diaryl/α,β-unsaturated/α-hetero) is 2. The van der Waals surface area contributed by atoms with Crippen molar-refractivity contribution in [2.75, 3.05) is 0 Å². The smallest absolute Gasteiger partial charge is 0.151 e. The maximum absolute atomic E-state index is 12.6. The number of hydrogen-bond acceptors (Lipinski definition) is 2. The Hall–Kier alpha value is -1.70. The van der Waals surface area contributed by atoms with E-state index in [1.54, 1.807) is 0 Å². The van der Waals surface area contributed by atoms with E-state index in [2.05, 4.69) is 18.7 Å². The fourth-order valence-electron chi connectivity index (χ4n) is 3.40. The van der Waals surface area contributed by atoms with Crippen molar-refractivity contribution in [2.24, 2.45) is 5.92 Å². The minimum atomic E-state index is -0.556. The highest BCUT2D eigenvalue weighted by molar-refractivity contribution is 6.15. The third-order valence-corrected chi connectivity index (χ3v) is 4.08. The molecule has 1 fully saturated rings. The first-order valence-electron chi connectivity index (χ1n) is 7.09. The SMILES string of the molecule is C=C(C)CC1CC(=O)C(c2c(C)cc(C)cc2C)C1=O. The quantitative estimate of drug-likeness (QED) is 0.618. The van der Waals surface area contributed by atoms with Crippen LogP contribution in [0.5, 0.6) is 0 Å². The summed E-state index contributed by atoms with van der Waals surface area (Å²) in [5.41, 5.74) is 5.15. The molecule has 0 aliphatic heterocycles. The highest BCUT2D eigenvalue weighted by Gasteiger charge is 2.42. The molecule has 0 saturated heterocycles. The van der Waals surface area contributed by atoms with Crippen molar-refractivity contribution in [2.45, 2.75) is 46.5 Å². The molecule has 106 valence electrons. The Labute approximate surface area is 120 Å². The van der Waals surface area contributed by atoms with Gasteiger partial charge in [-0.3, -0.25) is 9.59 Å². The first-order valence-corrected chi connectivity index (χ1v) is 7.09. The predicted octanol–water partition coefficient (Wildman–Crippen LogP) is 3.82. The third kappa shape index (κ3) is 2.60. The van der Waals surface area contributed by atoms with Crippen molar-refractivity contribution >= 4 is 11.6 Å². The van der Waals surface area contributed by atoms with Crippen LogP contribution in [0, 0.1) is 26.7 Å². The van der Waals surface area contributed by atoms with E-state index in [1.165, 1.54) is 5.56 Å². The summed E-state index contributed by atoms with van der Waals surface area (Å²) >= 11 is 0. The molecule has 2 nitrogen and oxygen atoms in total. The van der Waals surface area contributed by atoms with Crippen LogP contribution in [0.1, 0.15) is 47.9 Å². The molecule has 0 aromatic heterocycles. The second kappa shape index (κ2) is 5.35. The van der Waals surface area contributed by atoms with Gasteiger partial charge in [-0.05, 0) is 50.8 Å². The zero-order valence-electron chi connectivity index (χ0n) is 12.7. The number of hydrogen-bond donors (Lipinski definition) is 0. The Kier molecular flexibility index (Phi) is 3.94. The summed E-state index contributed by atoms with van der Waals surface area (Å²) < 4.78 is 0. The summed E-state index contributed by atoms with van der Waals surface area (Å²) in [5.74, 6) is -0.589. The van der Waals surface area contributed by atoms with E-state index in [0.29, 0.717) is 12.8 Å². The Bertz CT molecular complexity index is 572. The van der Waals surface area contributed by atoms with E-state index in [-0.39, 0.29) is 17.5 Å². The molecule has 0 bridgehead atoms. The second-order valence-corrected chi connectivity index (χ2v) is 6.18. The Morgan fingerprint density at radius 3 is 2.25 bits per heavy atom. The average Bonchev–Trinajstić information content (AvgIpc) is 2.54. The maximum atomic E-state index is 12.6. The standard InChI is InChI=1S/C18H22O2/c1-10(2)6-14-9-15(19)17(18(14)20)16-12(4)7-11(3)8-13(16)5/h7-8,14,17H,1,6,9H2,2-5H3. The van der Waals surface area contributed by atoms with Crippen molar-refractivity contribution in [3.63, 3.8) is 0 Å². The Morgan fingerprint density at radius 1 is 1.20 bits per heavy atom. The highest BCUT2D eigenvalue weighted by Crippen LogP contribution is 2.38. The van der Waals surface area contributed by atoms with E-state index >= 15 is 0 Å². The molecule has 2 unspecified atom stereocenters. The van der Waals surface area contributed by atoms with Crippen molar-refractivity contribution < 1.29 is 9.59 Å². The van der Waals surface area contributed by atoms with Gasteiger partial charge in [-0.15, -0.1) is 6.58 Å². The highest BCUT2D eigenvalue weighted by atomic mass is 16.2. The van der Waals surface area contributed by atoms with Crippen LogP contribution in [0.2, 0.25) is 0 Å². The molecule has 2 atom stereocenters. The van der Waals surface area contributed by atoms with Crippen LogP contribution in [0.3, 0.4) is 0 Å². The second-order valence-electron chi connectivity index (χ2n) is 6.18. The van der Waals surface area contributed by atoms with Crippen LogP contribution in [0.25, 0.3) is 0 Å². The molecule has 1 aromatic carbocycles. The maximum Gasteiger partial charge on any atom is 0.151 e. The number of aryl methyl sites for hydroxylation is 3. The largest absolute Gasteiger partial charge is 0.298 e. The van der Waals surface area contributed by atoms with Gasteiger partial charge in [0.1, 0.15) is 11.7 Å². The molecule has 20 heavy (non-hydrogen) atoms. The molecule has 0 spiro atoms. The van der Waals surface area contributed by atoms with Crippen molar-refractivity contribution in [1.29, 1.82) is 0 Å². The number of carbonyl (C=O) groups excluding carboxylic acids is 2. The molecule has 0 N–H and O–H groups in total. The van der Waals surface area contributed by atoms with Crippen molar-refractivity contribution in [3.8, 4) is 0 Å². The lowest BCUT2D eigenvalue weighted by Gasteiger charge is -2.16. The molecule has 2 heteroatoms. The van der Waals surface area contributed by atoms with E-state index < -0.39 is 5.92 Å². The number of ketones is 2. The van der Waals surface area contributed by atoms with Crippen LogP contribution in [0.15, 0.2) is 24.3 Å². The predicted molar refractivity (Wildman–Crippen MR) is 80.9 cm³/mol. The zero-order chi connectivity index (χ0) is 15.0. The molecule has 0 amide bonds. The summed E-state index contributed by atoms with van der Waals surface area (Å²) in [6, 6.07) is 4.10. The lowest BCUT2D eigenvalue weighted by Crippen LogP contribution is -2.18. The van der Waals surface area contributed by atoms with Crippen molar-refractivity contribution in [1.82, 2.24) is 0 Å². The van der Waals surface area contributed by atoms with Gasteiger partial charge < -0.3 is 0 Å². The van der Waals surface area contributed by atoms with Crippen LogP contribution in [0.4, 0.5) is 0 Å². The molecular formula is C18H22O2. The number of carbonyl (C=O) groups is 2. The molecule has 0 radical (unpaired) electrons. The van der Waals surface area contributed by atoms with Crippen LogP contribution >= 0.6 is 0 Å². The zero-order valence-corrected chi connectivity index (χ0v) is 12.7. The van der Waals surface area contributed by atoms with Gasteiger partial charge in [0.2, 0.25) is 0 Å². The van der Waals surface area contributed by atoms with Crippen LogP contribution in [-0.4, -0.2) is 11.6 Å². The van der Waals surface area contributed by atoms with Gasteiger partial charge in [-0.25, -0.2) is 0 Å². The van der Waals surface area contributed by atoms with Crippen LogP contribution in [-0.2, 0) is 9.59 Å². The molecule has 1 aromatic rings. The van der Waals surface area contributed by atoms with Gasteiger partial charge in [0.25, 0.3) is 0 Å².